The van der Waals surface area contributed by atoms with Crippen LogP contribution in [-0.4, -0.2) is 19.6 Å². The normalized spacial score (nSPS) is 10.7. The number of nitrogens with one attached hydrogen (secondary N) is 2. The summed E-state index contributed by atoms with van der Waals surface area (Å²) in [5.41, 5.74) is -0.710. The van der Waals surface area contributed by atoms with E-state index in [9.17, 15) is 22.9 Å². The SMILES string of the molecule is O=c1c(O[P+](=O)Oc2c[nH]n(-c3ccc(F)cc3)c2=O)c[nH]n1-c1ccc(F)cc1. The van der Waals surface area contributed by atoms with Crippen LogP contribution in [0.15, 0.2) is 70.5 Å². The quantitative estimate of drug-likeness (QED) is 0.454. The molecule has 0 fully saturated rings. The van der Waals surface area contributed by atoms with Crippen LogP contribution < -0.4 is 20.2 Å². The number of nitrogens with zero attached hydrogens (tertiary/aromatic N) is 2. The fraction of sp³-hybridized carbons (Fsp3) is 0. The molecule has 0 aliphatic carbocycles. The van der Waals surface area contributed by atoms with E-state index < -0.39 is 31.0 Å². The molecular formula is C18H12F2N4O5P+. The van der Waals surface area contributed by atoms with Gasteiger partial charge in [-0.15, -0.1) is 0 Å². The van der Waals surface area contributed by atoms with E-state index in [1.54, 1.807) is 0 Å². The number of rotatable bonds is 6. The average molecular weight is 433 g/mol. The Morgan fingerprint density at radius 2 is 1.07 bits per heavy atom. The first-order valence-electron chi connectivity index (χ1n) is 8.38. The van der Waals surface area contributed by atoms with E-state index in [0.717, 1.165) is 21.8 Å². The third kappa shape index (κ3) is 3.78. The van der Waals surface area contributed by atoms with Crippen molar-refractivity contribution in [3.63, 3.8) is 0 Å². The molecule has 2 aromatic carbocycles. The molecule has 0 unspecified atom stereocenters. The molecule has 0 aliphatic heterocycles. The number of benzene rings is 2. The van der Waals surface area contributed by atoms with Crippen LogP contribution in [0.2, 0.25) is 0 Å². The Labute approximate surface area is 167 Å². The van der Waals surface area contributed by atoms with E-state index >= 15 is 0 Å². The summed E-state index contributed by atoms with van der Waals surface area (Å²) >= 11 is 0. The van der Waals surface area contributed by atoms with Gasteiger partial charge in [0.15, 0.2) is 0 Å². The van der Waals surface area contributed by atoms with Gasteiger partial charge in [0.2, 0.25) is 0 Å². The lowest BCUT2D eigenvalue weighted by Gasteiger charge is -1.99. The van der Waals surface area contributed by atoms with E-state index in [4.69, 9.17) is 9.05 Å². The van der Waals surface area contributed by atoms with Crippen molar-refractivity contribution in [3.05, 3.63) is 93.3 Å². The molecule has 4 aromatic rings. The van der Waals surface area contributed by atoms with E-state index in [1.165, 1.54) is 48.5 Å². The van der Waals surface area contributed by atoms with Crippen LogP contribution >= 0.6 is 8.25 Å². The molecule has 30 heavy (non-hydrogen) atoms. The highest BCUT2D eigenvalue weighted by atomic mass is 31.1. The Morgan fingerprint density at radius 3 is 1.43 bits per heavy atom. The van der Waals surface area contributed by atoms with E-state index in [-0.39, 0.29) is 11.5 Å². The molecule has 12 heteroatoms. The second-order valence-electron chi connectivity index (χ2n) is 5.92. The second-order valence-corrected chi connectivity index (χ2v) is 6.73. The largest absolute Gasteiger partial charge is 0.806 e. The van der Waals surface area contributed by atoms with Gasteiger partial charge in [-0.05, 0) is 48.5 Å². The van der Waals surface area contributed by atoms with Crippen LogP contribution in [0.4, 0.5) is 8.78 Å². The number of hydrogen-bond acceptors (Lipinski definition) is 5. The van der Waals surface area contributed by atoms with Crippen molar-refractivity contribution in [1.29, 1.82) is 0 Å². The van der Waals surface area contributed by atoms with Crippen molar-refractivity contribution in [1.82, 2.24) is 19.6 Å². The first-order chi connectivity index (χ1) is 14.4. The highest BCUT2D eigenvalue weighted by Gasteiger charge is 2.30. The topological polar surface area (TPSA) is 111 Å². The number of aromatic amines is 2. The van der Waals surface area contributed by atoms with Gasteiger partial charge in [-0.2, -0.15) is 0 Å². The maximum atomic E-state index is 13.0. The second kappa shape index (κ2) is 7.80. The lowest BCUT2D eigenvalue weighted by molar-refractivity contribution is 0.412. The van der Waals surface area contributed by atoms with Crippen LogP contribution in [0, 0.1) is 11.6 Å². The van der Waals surface area contributed by atoms with Gasteiger partial charge in [0, 0.05) is 4.57 Å². The van der Waals surface area contributed by atoms with Gasteiger partial charge in [0.05, 0.1) is 23.8 Å². The zero-order valence-electron chi connectivity index (χ0n) is 14.9. The average Bonchev–Trinajstić information content (AvgIpc) is 3.26. The van der Waals surface area contributed by atoms with Gasteiger partial charge in [0.1, 0.15) is 11.6 Å². The molecule has 2 N–H and O–H groups in total. The number of halogens is 2. The van der Waals surface area contributed by atoms with E-state index in [1.807, 2.05) is 0 Å². The van der Waals surface area contributed by atoms with Gasteiger partial charge in [-0.1, -0.05) is 0 Å². The summed E-state index contributed by atoms with van der Waals surface area (Å²) in [6.07, 6.45) is 2.30. The number of H-pyrrole nitrogens is 2. The molecule has 0 saturated heterocycles. The van der Waals surface area contributed by atoms with Crippen molar-refractivity contribution >= 4 is 8.25 Å². The molecule has 0 aliphatic rings. The summed E-state index contributed by atoms with van der Waals surface area (Å²) in [4.78, 5) is 24.7. The standard InChI is InChI=1S/C18H11F2N4O5P/c19-11-1-5-13(6-2-11)23-17(25)15(9-21-23)28-30(27)29-16-10-22-24(18(16)26)14-7-3-12(20)4-8-14/h1-10H,(H-,21,22,25,26)/p+1. The Kier molecular flexibility index (Phi) is 5.03. The number of aromatic nitrogens is 4. The maximum Gasteiger partial charge on any atom is 0.806 e. The zero-order chi connectivity index (χ0) is 21.3. The molecule has 0 saturated carbocycles. The smallest absolute Gasteiger partial charge is 0.294 e. The predicted molar refractivity (Wildman–Crippen MR) is 102 cm³/mol. The van der Waals surface area contributed by atoms with E-state index in [0.29, 0.717) is 11.4 Å². The van der Waals surface area contributed by atoms with Gasteiger partial charge in [-0.25, -0.2) is 27.2 Å². The lowest BCUT2D eigenvalue weighted by atomic mass is 10.3. The zero-order valence-corrected chi connectivity index (χ0v) is 15.8. The molecular weight excluding hydrogens is 421 g/mol. The predicted octanol–water partition coefficient (Wildman–Crippen LogP) is 3.04. The van der Waals surface area contributed by atoms with Crippen LogP contribution in [0.25, 0.3) is 11.4 Å². The summed E-state index contributed by atoms with van der Waals surface area (Å²) in [5, 5.41) is 5.18. The Morgan fingerprint density at radius 1 is 0.700 bits per heavy atom. The van der Waals surface area contributed by atoms with Crippen molar-refractivity contribution in [2.24, 2.45) is 0 Å². The van der Waals surface area contributed by atoms with Gasteiger partial charge in [-0.3, -0.25) is 19.8 Å². The van der Waals surface area contributed by atoms with Gasteiger partial charge >= 0.3 is 19.4 Å². The minimum Gasteiger partial charge on any atom is -0.294 e. The summed E-state index contributed by atoms with van der Waals surface area (Å²) in [6, 6.07) is 10.2. The molecule has 0 radical (unpaired) electrons. The highest BCUT2D eigenvalue weighted by Crippen LogP contribution is 2.27. The molecule has 2 heterocycles. The van der Waals surface area contributed by atoms with Gasteiger partial charge < -0.3 is 0 Å². The lowest BCUT2D eigenvalue weighted by Crippen LogP contribution is -2.16. The van der Waals surface area contributed by atoms with Crippen LogP contribution in [0.1, 0.15) is 0 Å². The molecule has 152 valence electrons. The maximum absolute atomic E-state index is 13.0. The molecule has 2 aromatic heterocycles. The van der Waals surface area contributed by atoms with E-state index in [2.05, 4.69) is 10.2 Å². The summed E-state index contributed by atoms with van der Waals surface area (Å²) in [6.45, 7) is 0. The molecule has 4 rings (SSSR count). The highest BCUT2D eigenvalue weighted by molar-refractivity contribution is 7.34. The third-order valence-corrected chi connectivity index (χ3v) is 4.68. The van der Waals surface area contributed by atoms with Crippen molar-refractivity contribution in [2.45, 2.75) is 0 Å². The monoisotopic (exact) mass is 433 g/mol. The molecule has 0 bridgehead atoms. The van der Waals surface area contributed by atoms with Crippen LogP contribution in [0.3, 0.4) is 0 Å². The Hall–Kier alpha value is -3.98. The fourth-order valence-electron chi connectivity index (χ4n) is 2.58. The number of hydrogen-bond donors (Lipinski definition) is 2. The summed E-state index contributed by atoms with van der Waals surface area (Å²) in [5.74, 6) is -1.59. The van der Waals surface area contributed by atoms with Crippen molar-refractivity contribution < 1.29 is 22.4 Å². The molecule has 0 amide bonds. The fourth-order valence-corrected chi connectivity index (χ4v) is 3.20. The molecule has 0 spiro atoms. The summed E-state index contributed by atoms with van der Waals surface area (Å²) < 4.78 is 50.3. The van der Waals surface area contributed by atoms with Crippen molar-refractivity contribution in [2.75, 3.05) is 0 Å². The molecule has 9 nitrogen and oxygen atoms in total. The minimum absolute atomic E-state index is 0.324. The Balaban J connectivity index is 1.50. The summed E-state index contributed by atoms with van der Waals surface area (Å²) in [7, 11) is -2.92. The Bertz CT molecular complexity index is 1220. The minimum atomic E-state index is -2.92. The third-order valence-electron chi connectivity index (χ3n) is 3.99. The van der Waals surface area contributed by atoms with Crippen LogP contribution in [-0.2, 0) is 4.57 Å². The first-order valence-corrected chi connectivity index (χ1v) is 9.48. The molecule has 0 atom stereocenters. The van der Waals surface area contributed by atoms with Crippen molar-refractivity contribution in [3.8, 4) is 22.9 Å². The first kappa shape index (κ1) is 19.3. The van der Waals surface area contributed by atoms with Crippen LogP contribution in [0.5, 0.6) is 11.5 Å². The van der Waals surface area contributed by atoms with Gasteiger partial charge in [0.25, 0.3) is 11.5 Å².